The molecule has 0 atom stereocenters. The Kier molecular flexibility index (Phi) is 4.81. The molecule has 0 aliphatic heterocycles. The van der Waals surface area contributed by atoms with Gasteiger partial charge in [-0.05, 0) is 24.6 Å². The maximum absolute atomic E-state index is 11.6. The lowest BCUT2D eigenvalue weighted by atomic mass is 10.2. The molecule has 0 aliphatic rings. The van der Waals surface area contributed by atoms with Gasteiger partial charge < -0.3 is 14.2 Å². The number of benzene rings is 1. The fourth-order valence-electron chi connectivity index (χ4n) is 1.94. The summed E-state index contributed by atoms with van der Waals surface area (Å²) in [6.45, 7) is 2.64. The Bertz CT molecular complexity index is 622. The van der Waals surface area contributed by atoms with Gasteiger partial charge in [-0.2, -0.15) is 5.10 Å². The van der Waals surface area contributed by atoms with Crippen molar-refractivity contribution in [3.05, 3.63) is 41.7 Å². The van der Waals surface area contributed by atoms with Crippen molar-refractivity contribution >= 4 is 5.97 Å². The highest BCUT2D eigenvalue weighted by molar-refractivity contribution is 5.88. The molecule has 112 valence electrons. The Balaban J connectivity index is 2.13. The summed E-state index contributed by atoms with van der Waals surface area (Å²) in [6.07, 6.45) is 3.16. The molecule has 2 rings (SSSR count). The molecule has 0 spiro atoms. The largest absolute Gasteiger partial charge is 0.493 e. The van der Waals surface area contributed by atoms with Crippen LogP contribution >= 0.6 is 0 Å². The van der Waals surface area contributed by atoms with Gasteiger partial charge in [0.05, 0.1) is 39.1 Å². The van der Waals surface area contributed by atoms with E-state index in [1.165, 1.54) is 6.20 Å². The van der Waals surface area contributed by atoms with Crippen LogP contribution in [-0.2, 0) is 11.3 Å². The minimum atomic E-state index is -0.365. The molecule has 6 heteroatoms. The Morgan fingerprint density at radius 3 is 2.67 bits per heavy atom. The third kappa shape index (κ3) is 3.53. The average Bonchev–Trinajstić information content (AvgIpc) is 2.96. The van der Waals surface area contributed by atoms with E-state index in [1.807, 2.05) is 18.2 Å². The van der Waals surface area contributed by atoms with Crippen LogP contribution in [0.1, 0.15) is 22.8 Å². The molecule has 0 aliphatic carbocycles. The van der Waals surface area contributed by atoms with E-state index >= 15 is 0 Å². The third-order valence-corrected chi connectivity index (χ3v) is 2.94. The molecule has 0 radical (unpaired) electrons. The van der Waals surface area contributed by atoms with Crippen LogP contribution in [-0.4, -0.2) is 36.6 Å². The van der Waals surface area contributed by atoms with Gasteiger partial charge in [0.15, 0.2) is 11.5 Å². The molecule has 0 saturated heterocycles. The van der Waals surface area contributed by atoms with Crippen LogP contribution in [0.15, 0.2) is 30.6 Å². The summed E-state index contributed by atoms with van der Waals surface area (Å²) in [4.78, 5) is 11.6. The Morgan fingerprint density at radius 2 is 2.00 bits per heavy atom. The summed E-state index contributed by atoms with van der Waals surface area (Å²) in [5.74, 6) is 0.970. The SMILES string of the molecule is CCOC(=O)c1cnn(Cc2ccc(OC)c(OC)c2)c1. The first-order chi connectivity index (χ1) is 10.2. The Morgan fingerprint density at radius 1 is 1.24 bits per heavy atom. The summed E-state index contributed by atoms with van der Waals surface area (Å²) in [6, 6.07) is 5.64. The number of hydrogen-bond acceptors (Lipinski definition) is 5. The molecule has 21 heavy (non-hydrogen) atoms. The fourth-order valence-corrected chi connectivity index (χ4v) is 1.94. The van der Waals surface area contributed by atoms with Gasteiger partial charge in [0.1, 0.15) is 0 Å². The summed E-state index contributed by atoms with van der Waals surface area (Å²) in [5.41, 5.74) is 1.43. The van der Waals surface area contributed by atoms with Crippen LogP contribution in [0.4, 0.5) is 0 Å². The molecular formula is C15H18N2O4. The normalized spacial score (nSPS) is 10.2. The predicted octanol–water partition coefficient (Wildman–Crippen LogP) is 2.13. The molecule has 0 fully saturated rings. The van der Waals surface area contributed by atoms with Crippen LogP contribution in [0.5, 0.6) is 11.5 Å². The number of carbonyl (C=O) groups excluding carboxylic acids is 1. The topological polar surface area (TPSA) is 62.6 Å². The van der Waals surface area contributed by atoms with Gasteiger partial charge in [-0.25, -0.2) is 4.79 Å². The highest BCUT2D eigenvalue weighted by atomic mass is 16.5. The van der Waals surface area contributed by atoms with E-state index in [9.17, 15) is 4.79 Å². The second-order valence-corrected chi connectivity index (χ2v) is 4.34. The summed E-state index contributed by atoms with van der Waals surface area (Å²) >= 11 is 0. The van der Waals surface area contributed by atoms with Crippen molar-refractivity contribution in [1.82, 2.24) is 9.78 Å². The van der Waals surface area contributed by atoms with Crippen LogP contribution in [0.3, 0.4) is 0 Å². The molecular weight excluding hydrogens is 272 g/mol. The van der Waals surface area contributed by atoms with E-state index in [-0.39, 0.29) is 5.97 Å². The van der Waals surface area contributed by atoms with Crippen molar-refractivity contribution in [2.24, 2.45) is 0 Å². The molecule has 0 bridgehead atoms. The number of rotatable bonds is 6. The van der Waals surface area contributed by atoms with Crippen LogP contribution in [0.25, 0.3) is 0 Å². The van der Waals surface area contributed by atoms with E-state index < -0.39 is 0 Å². The van der Waals surface area contributed by atoms with Crippen molar-refractivity contribution in [2.45, 2.75) is 13.5 Å². The lowest BCUT2D eigenvalue weighted by molar-refractivity contribution is 0.0526. The lowest BCUT2D eigenvalue weighted by Crippen LogP contribution is -2.04. The molecule has 0 N–H and O–H groups in total. The highest BCUT2D eigenvalue weighted by Crippen LogP contribution is 2.27. The summed E-state index contributed by atoms with van der Waals surface area (Å²) in [5, 5.41) is 4.16. The highest BCUT2D eigenvalue weighted by Gasteiger charge is 2.10. The van der Waals surface area contributed by atoms with E-state index in [0.29, 0.717) is 30.2 Å². The molecule has 1 aromatic carbocycles. The fraction of sp³-hybridized carbons (Fsp3) is 0.333. The second kappa shape index (κ2) is 6.78. The van der Waals surface area contributed by atoms with Crippen LogP contribution in [0, 0.1) is 0 Å². The van der Waals surface area contributed by atoms with Crippen LogP contribution in [0.2, 0.25) is 0 Å². The molecule has 2 aromatic rings. The Labute approximate surface area is 123 Å². The molecule has 1 aromatic heterocycles. The monoisotopic (exact) mass is 290 g/mol. The molecule has 0 amide bonds. The van der Waals surface area contributed by atoms with Gasteiger partial charge in [0.2, 0.25) is 0 Å². The number of ether oxygens (including phenoxy) is 3. The van der Waals surface area contributed by atoms with Gasteiger partial charge >= 0.3 is 5.97 Å². The second-order valence-electron chi connectivity index (χ2n) is 4.34. The lowest BCUT2D eigenvalue weighted by Gasteiger charge is -2.09. The smallest absolute Gasteiger partial charge is 0.341 e. The standard InChI is InChI=1S/C15H18N2O4/c1-4-21-15(18)12-8-16-17(10-12)9-11-5-6-13(19-2)14(7-11)20-3/h5-8,10H,4,9H2,1-3H3. The predicted molar refractivity (Wildman–Crippen MR) is 76.8 cm³/mol. The first-order valence-corrected chi connectivity index (χ1v) is 6.58. The van der Waals surface area contributed by atoms with Crippen molar-refractivity contribution in [1.29, 1.82) is 0 Å². The van der Waals surface area contributed by atoms with Gasteiger partial charge in [-0.3, -0.25) is 4.68 Å². The zero-order valence-electron chi connectivity index (χ0n) is 12.3. The zero-order valence-corrected chi connectivity index (χ0v) is 12.3. The van der Waals surface area contributed by atoms with Crippen molar-refractivity contribution < 1.29 is 19.0 Å². The van der Waals surface area contributed by atoms with Crippen molar-refractivity contribution in [3.63, 3.8) is 0 Å². The third-order valence-electron chi connectivity index (χ3n) is 2.94. The van der Waals surface area contributed by atoms with Gasteiger partial charge in [0, 0.05) is 6.20 Å². The van der Waals surface area contributed by atoms with E-state index in [0.717, 1.165) is 5.56 Å². The van der Waals surface area contributed by atoms with Crippen molar-refractivity contribution in [3.8, 4) is 11.5 Å². The number of methoxy groups -OCH3 is 2. The summed E-state index contributed by atoms with van der Waals surface area (Å²) < 4.78 is 17.1. The van der Waals surface area contributed by atoms with Gasteiger partial charge in [-0.15, -0.1) is 0 Å². The number of aromatic nitrogens is 2. The molecule has 6 nitrogen and oxygen atoms in total. The van der Waals surface area contributed by atoms with Gasteiger partial charge in [-0.1, -0.05) is 6.07 Å². The van der Waals surface area contributed by atoms with Gasteiger partial charge in [0.25, 0.3) is 0 Å². The maximum atomic E-state index is 11.6. The first kappa shape index (κ1) is 14.9. The van der Waals surface area contributed by atoms with E-state index in [1.54, 1.807) is 32.0 Å². The number of hydrogen-bond donors (Lipinski definition) is 0. The minimum absolute atomic E-state index is 0.347. The van der Waals surface area contributed by atoms with E-state index in [2.05, 4.69) is 5.10 Å². The molecule has 0 saturated carbocycles. The zero-order chi connectivity index (χ0) is 15.2. The van der Waals surface area contributed by atoms with Crippen LogP contribution < -0.4 is 9.47 Å². The number of esters is 1. The minimum Gasteiger partial charge on any atom is -0.493 e. The quantitative estimate of drug-likeness (QED) is 0.763. The number of nitrogens with zero attached hydrogens (tertiary/aromatic N) is 2. The van der Waals surface area contributed by atoms with Crippen molar-refractivity contribution in [2.75, 3.05) is 20.8 Å². The number of carbonyl (C=O) groups is 1. The van der Waals surface area contributed by atoms with E-state index in [4.69, 9.17) is 14.2 Å². The first-order valence-electron chi connectivity index (χ1n) is 6.58. The average molecular weight is 290 g/mol. The molecule has 1 heterocycles. The summed E-state index contributed by atoms with van der Waals surface area (Å²) in [7, 11) is 3.19. The molecule has 0 unspecified atom stereocenters. The maximum Gasteiger partial charge on any atom is 0.341 e. The Hall–Kier alpha value is -2.50.